The van der Waals surface area contributed by atoms with Gasteiger partial charge in [-0.25, -0.2) is 10.4 Å². The zero-order valence-corrected chi connectivity index (χ0v) is 12.1. The summed E-state index contributed by atoms with van der Waals surface area (Å²) in [5.74, 6) is 1.40. The van der Waals surface area contributed by atoms with Crippen LogP contribution in [-0.4, -0.2) is 36.5 Å². The minimum atomic E-state index is -0.0382. The molecule has 1 aliphatic heterocycles. The van der Waals surface area contributed by atoms with Crippen LogP contribution in [0.25, 0.3) is 0 Å². The highest BCUT2D eigenvalue weighted by atomic mass is 16.3. The molecule has 5 nitrogen and oxygen atoms in total. The molecule has 1 spiro atoms. The van der Waals surface area contributed by atoms with Crippen LogP contribution < -0.4 is 10.7 Å². The molecule has 2 aliphatic carbocycles. The van der Waals surface area contributed by atoms with Crippen molar-refractivity contribution in [3.05, 3.63) is 0 Å². The summed E-state index contributed by atoms with van der Waals surface area (Å²) >= 11 is 0. The average Bonchev–Trinajstić information content (AvgIpc) is 2.98. The second-order valence-electron chi connectivity index (χ2n) is 6.62. The molecule has 3 N–H and O–H groups in total. The molecule has 112 valence electrons. The average molecular weight is 278 g/mol. The van der Waals surface area contributed by atoms with Gasteiger partial charge in [-0.2, -0.15) is 5.10 Å². The number of aliphatic hydroxyl groups excluding tert-OH is 1. The van der Waals surface area contributed by atoms with Crippen molar-refractivity contribution in [3.8, 4) is 0 Å². The summed E-state index contributed by atoms with van der Waals surface area (Å²) in [5, 5.41) is 17.1. The number of hydrogen-bond donors (Lipinski definition) is 3. The third kappa shape index (κ3) is 3.32. The van der Waals surface area contributed by atoms with Crippen LogP contribution in [0, 0.1) is 11.3 Å². The first-order valence-electron chi connectivity index (χ1n) is 8.01. The van der Waals surface area contributed by atoms with E-state index in [0.29, 0.717) is 11.3 Å². The second kappa shape index (κ2) is 6.12. The van der Waals surface area contributed by atoms with E-state index in [1.807, 2.05) is 0 Å². The largest absolute Gasteiger partial charge is 0.393 e. The lowest BCUT2D eigenvalue weighted by Crippen LogP contribution is -2.34. The van der Waals surface area contributed by atoms with Gasteiger partial charge in [-0.15, -0.1) is 0 Å². The predicted molar refractivity (Wildman–Crippen MR) is 80.8 cm³/mol. The molecule has 2 fully saturated rings. The number of rotatable bonds is 2. The van der Waals surface area contributed by atoms with Gasteiger partial charge in [-0.1, -0.05) is 0 Å². The molecule has 3 rings (SSSR count). The Balaban J connectivity index is 1.43. The molecule has 0 bridgehead atoms. The molecule has 5 heteroatoms. The van der Waals surface area contributed by atoms with Crippen LogP contribution in [-0.2, 0) is 0 Å². The van der Waals surface area contributed by atoms with Gasteiger partial charge in [-0.05, 0) is 62.7 Å². The van der Waals surface area contributed by atoms with Crippen LogP contribution in [0.15, 0.2) is 10.1 Å². The Bertz CT molecular complexity index is 375. The molecule has 0 radical (unpaired) electrons. The van der Waals surface area contributed by atoms with Gasteiger partial charge < -0.3 is 10.4 Å². The maximum atomic E-state index is 9.65. The van der Waals surface area contributed by atoms with Gasteiger partial charge in [0.25, 0.3) is 0 Å². The number of aliphatic imine (C=N–C) groups is 1. The minimum absolute atomic E-state index is 0.0382. The maximum absolute atomic E-state index is 9.65. The van der Waals surface area contributed by atoms with Crippen molar-refractivity contribution in [1.82, 2.24) is 10.7 Å². The van der Waals surface area contributed by atoms with E-state index in [1.54, 1.807) is 0 Å². The van der Waals surface area contributed by atoms with Gasteiger partial charge in [0.2, 0.25) is 5.96 Å². The van der Waals surface area contributed by atoms with Gasteiger partial charge in [0.1, 0.15) is 0 Å². The highest BCUT2D eigenvalue weighted by Gasteiger charge is 2.37. The zero-order valence-electron chi connectivity index (χ0n) is 12.1. The third-order valence-corrected chi connectivity index (χ3v) is 5.24. The lowest BCUT2D eigenvalue weighted by Gasteiger charge is -2.43. The van der Waals surface area contributed by atoms with Crippen LogP contribution in [0.1, 0.15) is 51.4 Å². The maximum Gasteiger partial charge on any atom is 0.212 e. The molecule has 0 saturated heterocycles. The fraction of sp³-hybridized carbons (Fsp3) is 0.867. The monoisotopic (exact) mass is 278 g/mol. The Labute approximate surface area is 120 Å². The Hall–Kier alpha value is -1.10. The van der Waals surface area contributed by atoms with Gasteiger partial charge in [0, 0.05) is 12.8 Å². The van der Waals surface area contributed by atoms with E-state index < -0.39 is 0 Å². The van der Waals surface area contributed by atoms with Crippen molar-refractivity contribution in [3.63, 3.8) is 0 Å². The van der Waals surface area contributed by atoms with Gasteiger partial charge in [0.15, 0.2) is 0 Å². The normalized spacial score (nSPS) is 38.0. The van der Waals surface area contributed by atoms with E-state index in [1.165, 1.54) is 38.5 Å². The second-order valence-corrected chi connectivity index (χ2v) is 6.62. The molecule has 0 aromatic carbocycles. The topological polar surface area (TPSA) is 69.0 Å². The molecule has 20 heavy (non-hydrogen) atoms. The number of nitrogens with one attached hydrogen (secondary N) is 2. The van der Waals surface area contributed by atoms with E-state index in [4.69, 9.17) is 0 Å². The van der Waals surface area contributed by atoms with Gasteiger partial charge >= 0.3 is 0 Å². The first-order chi connectivity index (χ1) is 9.76. The molecule has 3 aliphatic rings. The summed E-state index contributed by atoms with van der Waals surface area (Å²) in [6, 6.07) is 0. The molecule has 0 unspecified atom stereocenters. The van der Waals surface area contributed by atoms with Crippen LogP contribution in [0.3, 0.4) is 0 Å². The molecular weight excluding hydrogens is 252 g/mol. The van der Waals surface area contributed by atoms with E-state index in [-0.39, 0.29) is 6.10 Å². The summed E-state index contributed by atoms with van der Waals surface area (Å²) in [5.41, 5.74) is 3.52. The molecule has 0 amide bonds. The molecule has 2 saturated carbocycles. The van der Waals surface area contributed by atoms with Gasteiger partial charge in [0.05, 0.1) is 12.6 Å². The number of guanidine groups is 1. The predicted octanol–water partition coefficient (Wildman–Crippen LogP) is 1.63. The lowest BCUT2D eigenvalue weighted by atomic mass is 9.63. The lowest BCUT2D eigenvalue weighted by molar-refractivity contribution is 0.0353. The standard InChI is InChI=1S/C15H26N4O/c20-13-3-7-15(8-4-13)5-1-12(2-6-15)11-18-19-14-16-9-10-17-14/h11-13,20H,1-10H2,(H2,16,17,19)/b18-11+. The van der Waals surface area contributed by atoms with E-state index in [9.17, 15) is 5.11 Å². The Morgan fingerprint density at radius 3 is 2.55 bits per heavy atom. The van der Waals surface area contributed by atoms with Crippen molar-refractivity contribution >= 4 is 12.2 Å². The first-order valence-corrected chi connectivity index (χ1v) is 8.01. The fourth-order valence-corrected chi connectivity index (χ4v) is 3.79. The zero-order chi connectivity index (χ0) is 13.8. The van der Waals surface area contributed by atoms with Crippen molar-refractivity contribution in [2.45, 2.75) is 57.5 Å². The Morgan fingerprint density at radius 1 is 1.20 bits per heavy atom. The quantitative estimate of drug-likeness (QED) is 0.531. The number of nitrogens with zero attached hydrogens (tertiary/aromatic N) is 2. The summed E-state index contributed by atoms with van der Waals surface area (Å²) in [6.07, 6.45) is 11.6. The van der Waals surface area contributed by atoms with Crippen molar-refractivity contribution in [2.24, 2.45) is 21.4 Å². The molecule has 0 aromatic heterocycles. The Kier molecular flexibility index (Phi) is 4.24. The number of hydrogen-bond acceptors (Lipinski definition) is 5. The molecule has 0 aromatic rings. The summed E-state index contributed by atoms with van der Waals surface area (Å²) in [4.78, 5) is 4.25. The van der Waals surface area contributed by atoms with Crippen molar-refractivity contribution < 1.29 is 5.11 Å². The van der Waals surface area contributed by atoms with Crippen molar-refractivity contribution in [1.29, 1.82) is 0 Å². The highest BCUT2D eigenvalue weighted by Crippen LogP contribution is 2.48. The number of aliphatic hydroxyl groups is 1. The molecule has 1 heterocycles. The number of hydrazone groups is 1. The van der Waals surface area contributed by atoms with E-state index >= 15 is 0 Å². The first kappa shape index (κ1) is 13.9. The van der Waals surface area contributed by atoms with Gasteiger partial charge in [-0.3, -0.25) is 0 Å². The SMILES string of the molecule is OC1CCC2(CC1)CCC(/C=N/NC1=NCCN1)CC2. The fourth-order valence-electron chi connectivity index (χ4n) is 3.79. The summed E-state index contributed by atoms with van der Waals surface area (Å²) in [7, 11) is 0. The Morgan fingerprint density at radius 2 is 1.90 bits per heavy atom. The van der Waals surface area contributed by atoms with E-state index in [0.717, 1.165) is 31.9 Å². The van der Waals surface area contributed by atoms with Crippen LogP contribution >= 0.6 is 0 Å². The summed E-state index contributed by atoms with van der Waals surface area (Å²) < 4.78 is 0. The van der Waals surface area contributed by atoms with Crippen LogP contribution in [0.4, 0.5) is 0 Å². The molecular formula is C15H26N4O. The highest BCUT2D eigenvalue weighted by molar-refractivity contribution is 5.81. The van der Waals surface area contributed by atoms with Crippen molar-refractivity contribution in [2.75, 3.05) is 13.1 Å². The molecule has 0 atom stereocenters. The smallest absolute Gasteiger partial charge is 0.212 e. The van der Waals surface area contributed by atoms with E-state index in [2.05, 4.69) is 27.1 Å². The summed E-state index contributed by atoms with van der Waals surface area (Å²) in [6.45, 7) is 1.76. The third-order valence-electron chi connectivity index (χ3n) is 5.24. The van der Waals surface area contributed by atoms with Crippen LogP contribution in [0.2, 0.25) is 0 Å². The van der Waals surface area contributed by atoms with Crippen LogP contribution in [0.5, 0.6) is 0 Å². The minimum Gasteiger partial charge on any atom is -0.393 e.